The van der Waals surface area contributed by atoms with E-state index in [4.69, 9.17) is 0 Å². The molecule has 0 saturated carbocycles. The topological polar surface area (TPSA) is 24.9 Å². The predicted octanol–water partition coefficient (Wildman–Crippen LogP) is 3.23. The third kappa shape index (κ3) is 1.72. The highest BCUT2D eigenvalue weighted by atomic mass is 15.0. The minimum absolute atomic E-state index is 0.744. The third-order valence-electron chi connectivity index (χ3n) is 4.57. The van der Waals surface area contributed by atoms with Crippen LogP contribution in [0.5, 0.6) is 0 Å². The van der Waals surface area contributed by atoms with Crippen LogP contribution in [0.2, 0.25) is 0 Å². The van der Waals surface area contributed by atoms with Crippen molar-refractivity contribution in [3.8, 4) is 0 Å². The molecule has 2 aromatic rings. The fraction of sp³-hybridized carbons (Fsp3) is 0.438. The van der Waals surface area contributed by atoms with Crippen LogP contribution in [0.1, 0.15) is 37.2 Å². The molecule has 2 saturated heterocycles. The van der Waals surface area contributed by atoms with Gasteiger partial charge >= 0.3 is 0 Å². The fourth-order valence-corrected chi connectivity index (χ4v) is 3.68. The summed E-state index contributed by atoms with van der Waals surface area (Å²) in [6, 6.07) is 12.5. The molecule has 2 aliphatic rings. The molecule has 3 heterocycles. The van der Waals surface area contributed by atoms with Gasteiger partial charge in [-0.2, -0.15) is 0 Å². The van der Waals surface area contributed by atoms with Crippen LogP contribution in [0.4, 0.5) is 0 Å². The van der Waals surface area contributed by atoms with E-state index in [2.05, 4.69) is 34.6 Å². The van der Waals surface area contributed by atoms with Gasteiger partial charge in [-0.1, -0.05) is 12.1 Å². The summed E-state index contributed by atoms with van der Waals surface area (Å²) in [7, 11) is 0. The molecule has 18 heavy (non-hydrogen) atoms. The molecule has 1 aromatic carbocycles. The summed E-state index contributed by atoms with van der Waals surface area (Å²) in [6.45, 7) is 0. The molecule has 0 radical (unpaired) electrons. The van der Waals surface area contributed by atoms with Gasteiger partial charge in [0.2, 0.25) is 0 Å². The van der Waals surface area contributed by atoms with Crippen molar-refractivity contribution in [1.82, 2.24) is 10.3 Å². The number of piperidine rings is 1. The second-order valence-electron chi connectivity index (χ2n) is 5.76. The Balaban J connectivity index is 1.70. The predicted molar refractivity (Wildman–Crippen MR) is 73.7 cm³/mol. The van der Waals surface area contributed by atoms with Crippen molar-refractivity contribution in [2.75, 3.05) is 0 Å². The quantitative estimate of drug-likeness (QED) is 0.825. The minimum atomic E-state index is 0.744. The van der Waals surface area contributed by atoms with Gasteiger partial charge in [-0.05, 0) is 55.4 Å². The van der Waals surface area contributed by atoms with Gasteiger partial charge in [0.25, 0.3) is 0 Å². The van der Waals surface area contributed by atoms with E-state index in [1.807, 2.05) is 12.3 Å². The number of nitrogens with zero attached hydrogens (tertiary/aromatic N) is 1. The van der Waals surface area contributed by atoms with Crippen LogP contribution < -0.4 is 5.32 Å². The van der Waals surface area contributed by atoms with Crippen molar-refractivity contribution in [1.29, 1.82) is 0 Å². The maximum Gasteiger partial charge on any atom is 0.0702 e. The Morgan fingerprint density at radius 2 is 1.89 bits per heavy atom. The summed E-state index contributed by atoms with van der Waals surface area (Å²) in [5.41, 5.74) is 2.62. The molecule has 2 aliphatic heterocycles. The first-order valence-corrected chi connectivity index (χ1v) is 6.99. The van der Waals surface area contributed by atoms with Crippen molar-refractivity contribution >= 4 is 10.9 Å². The maximum atomic E-state index is 4.40. The molecule has 1 aromatic heterocycles. The van der Waals surface area contributed by atoms with Crippen LogP contribution in [0.3, 0.4) is 0 Å². The van der Waals surface area contributed by atoms with Crippen molar-refractivity contribution in [2.24, 2.45) is 0 Å². The number of hydrogen-bond acceptors (Lipinski definition) is 2. The first-order chi connectivity index (χ1) is 8.88. The van der Waals surface area contributed by atoms with Crippen LogP contribution >= 0.6 is 0 Å². The number of benzene rings is 1. The number of aromatic nitrogens is 1. The van der Waals surface area contributed by atoms with E-state index in [-0.39, 0.29) is 0 Å². The molecule has 92 valence electrons. The Labute approximate surface area is 107 Å². The summed E-state index contributed by atoms with van der Waals surface area (Å²) >= 11 is 0. The Morgan fingerprint density at radius 3 is 2.72 bits per heavy atom. The first-order valence-electron chi connectivity index (χ1n) is 6.99. The lowest BCUT2D eigenvalue weighted by molar-refractivity contribution is 0.363. The molecule has 2 atom stereocenters. The normalized spacial score (nSPS) is 30.8. The molecular weight excluding hydrogens is 220 g/mol. The van der Waals surface area contributed by atoms with E-state index >= 15 is 0 Å². The lowest BCUT2D eigenvalue weighted by atomic mass is 9.86. The van der Waals surface area contributed by atoms with Gasteiger partial charge in [-0.25, -0.2) is 0 Å². The molecule has 0 aliphatic carbocycles. The largest absolute Gasteiger partial charge is 0.311 e. The second-order valence-corrected chi connectivity index (χ2v) is 5.76. The SMILES string of the molecule is c1cnc2ccc(C3CC4CCC(C3)N4)cc2c1. The molecule has 1 N–H and O–H groups in total. The molecule has 2 nitrogen and oxygen atoms in total. The monoisotopic (exact) mass is 238 g/mol. The van der Waals surface area contributed by atoms with Crippen LogP contribution in [-0.4, -0.2) is 17.1 Å². The molecule has 4 rings (SSSR count). The van der Waals surface area contributed by atoms with Gasteiger partial charge in [-0.3, -0.25) is 4.98 Å². The number of pyridine rings is 1. The summed E-state index contributed by atoms with van der Waals surface area (Å²) in [6.07, 6.45) is 7.23. The van der Waals surface area contributed by atoms with Gasteiger partial charge < -0.3 is 5.32 Å². The van der Waals surface area contributed by atoms with Crippen LogP contribution in [0, 0.1) is 0 Å². The van der Waals surface area contributed by atoms with Crippen molar-refractivity contribution in [3.63, 3.8) is 0 Å². The summed E-state index contributed by atoms with van der Waals surface area (Å²) in [5, 5.41) is 4.99. The van der Waals surface area contributed by atoms with Crippen LogP contribution in [0.15, 0.2) is 36.5 Å². The highest BCUT2D eigenvalue weighted by molar-refractivity contribution is 5.79. The molecule has 2 unspecified atom stereocenters. The molecule has 2 fully saturated rings. The van der Waals surface area contributed by atoms with E-state index in [0.717, 1.165) is 23.5 Å². The third-order valence-corrected chi connectivity index (χ3v) is 4.57. The van der Waals surface area contributed by atoms with E-state index in [9.17, 15) is 0 Å². The number of nitrogens with one attached hydrogen (secondary N) is 1. The Bertz CT molecular complexity index is 566. The smallest absolute Gasteiger partial charge is 0.0702 e. The molecule has 2 heteroatoms. The van der Waals surface area contributed by atoms with Gasteiger partial charge in [-0.15, -0.1) is 0 Å². The lowest BCUT2D eigenvalue weighted by Gasteiger charge is -2.29. The van der Waals surface area contributed by atoms with E-state index in [1.54, 1.807) is 0 Å². The van der Waals surface area contributed by atoms with E-state index in [0.29, 0.717) is 0 Å². The van der Waals surface area contributed by atoms with Gasteiger partial charge in [0.1, 0.15) is 0 Å². The minimum Gasteiger partial charge on any atom is -0.311 e. The average Bonchev–Trinajstić information content (AvgIpc) is 2.77. The zero-order valence-electron chi connectivity index (χ0n) is 10.5. The van der Waals surface area contributed by atoms with Gasteiger partial charge in [0.15, 0.2) is 0 Å². The number of fused-ring (bicyclic) bond motifs is 3. The fourth-order valence-electron chi connectivity index (χ4n) is 3.68. The zero-order valence-corrected chi connectivity index (χ0v) is 10.5. The zero-order chi connectivity index (χ0) is 11.9. The standard InChI is InChI=1S/C16H18N2/c1-2-12-8-11(3-6-16(12)17-7-1)13-9-14-4-5-15(10-13)18-14/h1-3,6-8,13-15,18H,4-5,9-10H2. The van der Waals surface area contributed by atoms with Crippen molar-refractivity contribution < 1.29 is 0 Å². The number of rotatable bonds is 1. The summed E-state index contributed by atoms with van der Waals surface area (Å²) in [5.74, 6) is 0.744. The molecular formula is C16H18N2. The van der Waals surface area contributed by atoms with Crippen molar-refractivity contribution in [2.45, 2.75) is 43.7 Å². The Kier molecular flexibility index (Phi) is 2.37. The van der Waals surface area contributed by atoms with Crippen LogP contribution in [-0.2, 0) is 0 Å². The lowest BCUT2D eigenvalue weighted by Crippen LogP contribution is -2.37. The summed E-state index contributed by atoms with van der Waals surface area (Å²) < 4.78 is 0. The van der Waals surface area contributed by atoms with Gasteiger partial charge in [0.05, 0.1) is 5.52 Å². The second kappa shape index (κ2) is 4.06. The maximum absolute atomic E-state index is 4.40. The highest BCUT2D eigenvalue weighted by Crippen LogP contribution is 2.37. The van der Waals surface area contributed by atoms with E-state index < -0.39 is 0 Å². The number of hydrogen-bond donors (Lipinski definition) is 1. The average molecular weight is 238 g/mol. The molecule has 0 amide bonds. The molecule has 0 spiro atoms. The first kappa shape index (κ1) is 10.5. The Morgan fingerprint density at radius 1 is 1.06 bits per heavy atom. The van der Waals surface area contributed by atoms with Crippen molar-refractivity contribution in [3.05, 3.63) is 42.1 Å². The van der Waals surface area contributed by atoms with Gasteiger partial charge in [0, 0.05) is 23.7 Å². The molecule has 2 bridgehead atoms. The van der Waals surface area contributed by atoms with E-state index in [1.165, 1.54) is 36.6 Å². The summed E-state index contributed by atoms with van der Waals surface area (Å²) in [4.78, 5) is 4.40. The highest BCUT2D eigenvalue weighted by Gasteiger charge is 2.33. The Hall–Kier alpha value is -1.41. The van der Waals surface area contributed by atoms with Crippen LogP contribution in [0.25, 0.3) is 10.9 Å².